The largest absolute Gasteiger partial charge is 0.446 e. The van der Waals surface area contributed by atoms with Gasteiger partial charge in [0.05, 0.1) is 26.4 Å². The smallest absolute Gasteiger partial charge is 0.387 e. The van der Waals surface area contributed by atoms with Gasteiger partial charge in [0.1, 0.15) is 28.9 Å². The Hall–Kier alpha value is -6.50. The predicted molar refractivity (Wildman–Crippen MR) is 290 cm³/mol. The number of benzene rings is 2. The van der Waals surface area contributed by atoms with E-state index in [1.165, 1.54) is 116 Å². The summed E-state index contributed by atoms with van der Waals surface area (Å²) in [7, 11) is 0. The fourth-order valence-corrected chi connectivity index (χ4v) is 9.53. The van der Waals surface area contributed by atoms with Gasteiger partial charge < -0.3 is 16.8 Å². The lowest BCUT2D eigenvalue weighted by Crippen LogP contribution is -2.29. The Morgan fingerprint density at radius 2 is 1.23 bits per heavy atom. The minimum atomic E-state index is -0.745. The number of nitriles is 1. The van der Waals surface area contributed by atoms with Crippen LogP contribution in [0.5, 0.6) is 0 Å². The van der Waals surface area contributed by atoms with E-state index in [4.69, 9.17) is 40.4 Å². The van der Waals surface area contributed by atoms with E-state index in [2.05, 4.69) is 73.1 Å². The van der Waals surface area contributed by atoms with Crippen LogP contribution in [-0.2, 0) is 22.4 Å². The number of hydrogen-bond acceptors (Lipinski definition) is 18. The number of thioether (sulfide) groups is 1. The van der Waals surface area contributed by atoms with E-state index in [0.29, 0.717) is 84.8 Å². The van der Waals surface area contributed by atoms with Crippen LogP contribution in [0.4, 0.5) is 8.78 Å². The molecule has 2 aliphatic rings. The second kappa shape index (κ2) is 32.3. The van der Waals surface area contributed by atoms with Crippen molar-refractivity contribution in [2.75, 3.05) is 12.8 Å². The molecule has 0 atom stereocenters. The number of unbranched alkanes of at least 4 members (excludes halogenated alkanes) is 3. The van der Waals surface area contributed by atoms with Gasteiger partial charge in [-0.2, -0.15) is 5.26 Å². The van der Waals surface area contributed by atoms with E-state index in [0.717, 1.165) is 44.9 Å². The van der Waals surface area contributed by atoms with Crippen LogP contribution in [0.1, 0.15) is 134 Å². The van der Waals surface area contributed by atoms with Gasteiger partial charge in [-0.3, -0.25) is 24.0 Å². The van der Waals surface area contributed by atoms with Gasteiger partial charge in [0.2, 0.25) is 23.5 Å². The van der Waals surface area contributed by atoms with E-state index in [1.807, 2.05) is 0 Å². The molecule has 2 saturated carbocycles. The molecule has 4 aromatic heterocycles. The maximum absolute atomic E-state index is 13.6. The number of carbonyl (C=O) groups excluding carboxylic acids is 2. The Morgan fingerprint density at radius 1 is 0.766 bits per heavy atom. The molecule has 6 aromatic rings. The molecule has 0 bridgehead atoms. The highest BCUT2D eigenvalue weighted by molar-refractivity contribution is 9.10. The van der Waals surface area contributed by atoms with Crippen LogP contribution in [0.25, 0.3) is 34.4 Å². The minimum Gasteiger partial charge on any atom is -0.387 e. The number of halogens is 4. The third-order valence-corrected chi connectivity index (χ3v) is 14.1. The fraction of sp³-hybridized carbons (Fsp3) is 0.500. The van der Waals surface area contributed by atoms with Crippen molar-refractivity contribution < 1.29 is 36.7 Å². The first-order chi connectivity index (χ1) is 37.2. The van der Waals surface area contributed by atoms with E-state index in [1.54, 1.807) is 12.3 Å². The van der Waals surface area contributed by atoms with Crippen LogP contribution < -0.4 is 28.3 Å². The summed E-state index contributed by atoms with van der Waals surface area (Å²) >= 11 is 7.47. The van der Waals surface area contributed by atoms with Crippen LogP contribution in [0.3, 0.4) is 0 Å². The van der Waals surface area contributed by atoms with Crippen molar-refractivity contribution in [2.24, 2.45) is 28.3 Å². The number of nitrogens with two attached hydrogens (primary N) is 2. The molecule has 0 spiro atoms. The molecule has 0 saturated heterocycles. The van der Waals surface area contributed by atoms with Crippen LogP contribution in [0.2, 0.25) is 0 Å². The molecule has 0 aliphatic heterocycles. The standard InChI is InChI=1S/C24H28BrFN6O4.C14H13BrFN5O3.C10H18N2OS.C2H3N/c25-17-14-16(11-12-18(17)26)32-23(31-35-24(32)34)22-19(29-36-30-22)9-5-2-6-10-20(27)28-21(33)13-15-7-3-1-4-8-15;15-9-7-8(4-5-10(9)16)21-13(20-23-14(21)22)12-11(18-24-19-12)3-1-2-6-17;1-14-10(11)12-9(13)7-8-5-3-2-4-6-8;1-2-3/h11-12,14-15H,1-10,13H2,(H2,27,28,33);4-5,7H,1-3,6,17H2;8H,2-7H2,1H3,(H2,11,12,13);1H3. The molecule has 22 nitrogen and oxygen atoms in total. The highest BCUT2D eigenvalue weighted by Gasteiger charge is 2.25. The summed E-state index contributed by atoms with van der Waals surface area (Å²) in [6.07, 6.45) is 20.5. The number of nitrogens with zero attached hydrogens (tertiary/aromatic N) is 10. The quantitative estimate of drug-likeness (QED) is 0.0353. The van der Waals surface area contributed by atoms with Crippen molar-refractivity contribution in [1.29, 1.82) is 10.7 Å². The molecular weight excluding hydrogens is 1150 g/mol. The summed E-state index contributed by atoms with van der Waals surface area (Å²) in [5.41, 5.74) is 13.8. The van der Waals surface area contributed by atoms with Gasteiger partial charge in [0.25, 0.3) is 0 Å². The first-order valence-corrected chi connectivity index (χ1v) is 28.0. The average molecular weight is 1220 g/mol. The fourth-order valence-electron chi connectivity index (χ4n) is 8.58. The van der Waals surface area contributed by atoms with Crippen LogP contribution >= 0.6 is 43.6 Å². The van der Waals surface area contributed by atoms with Gasteiger partial charge in [0, 0.05) is 26.2 Å². The van der Waals surface area contributed by atoms with E-state index in [-0.39, 0.29) is 43.3 Å². The molecule has 0 unspecified atom stereocenters. The molecular formula is C50H62Br2F2N14O8S. The van der Waals surface area contributed by atoms with Crippen LogP contribution in [0, 0.1) is 40.2 Å². The van der Waals surface area contributed by atoms with Crippen molar-refractivity contribution in [3.63, 3.8) is 0 Å². The topological polar surface area (TPSA) is 332 Å². The van der Waals surface area contributed by atoms with Crippen molar-refractivity contribution in [2.45, 2.75) is 135 Å². The summed E-state index contributed by atoms with van der Waals surface area (Å²) in [5.74, 6) is -0.868. The third kappa shape index (κ3) is 19.2. The lowest BCUT2D eigenvalue weighted by Gasteiger charge is -2.20. The molecule has 2 aliphatic carbocycles. The van der Waals surface area contributed by atoms with E-state index >= 15 is 0 Å². The second-order valence-electron chi connectivity index (χ2n) is 18.1. The molecule has 6 N–H and O–H groups in total. The van der Waals surface area contributed by atoms with Crippen LogP contribution in [0.15, 0.2) is 78.2 Å². The lowest BCUT2D eigenvalue weighted by atomic mass is 9.87. The minimum absolute atomic E-state index is 0.0104. The highest BCUT2D eigenvalue weighted by Crippen LogP contribution is 2.29. The molecule has 27 heteroatoms. The zero-order chi connectivity index (χ0) is 55.7. The Morgan fingerprint density at radius 3 is 1.69 bits per heavy atom. The van der Waals surface area contributed by atoms with Gasteiger partial charge in [-0.05, 0) is 167 Å². The third-order valence-electron chi connectivity index (χ3n) is 12.4. The molecule has 2 amide bonds. The number of amidine groups is 2. The zero-order valence-electron chi connectivity index (χ0n) is 42.8. The van der Waals surface area contributed by atoms with Gasteiger partial charge in [-0.1, -0.05) is 77.3 Å². The number of aliphatic imine (C=N–C) groups is 1. The maximum Gasteiger partial charge on any atom is 0.446 e. The number of aromatic nitrogens is 8. The van der Waals surface area contributed by atoms with Gasteiger partial charge in [-0.15, -0.1) is 0 Å². The zero-order valence-corrected chi connectivity index (χ0v) is 46.8. The summed E-state index contributed by atoms with van der Waals surface area (Å²) in [5, 5.41) is 40.6. The Kier molecular flexibility index (Phi) is 25.7. The molecule has 8 rings (SSSR count). The van der Waals surface area contributed by atoms with Gasteiger partial charge in [0.15, 0.2) is 16.6 Å². The highest BCUT2D eigenvalue weighted by atomic mass is 79.9. The summed E-state index contributed by atoms with van der Waals surface area (Å²) < 4.78 is 49.1. The van der Waals surface area contributed by atoms with Crippen molar-refractivity contribution in [1.82, 2.24) is 45.4 Å². The van der Waals surface area contributed by atoms with Gasteiger partial charge in [-0.25, -0.2) is 41.8 Å². The molecule has 77 heavy (non-hydrogen) atoms. The number of hydrogen-bond donors (Lipinski definition) is 4. The maximum atomic E-state index is 13.6. The summed E-state index contributed by atoms with van der Waals surface area (Å²) in [6, 6.07) is 9.95. The monoisotopic (exact) mass is 1210 g/mol. The lowest BCUT2D eigenvalue weighted by molar-refractivity contribution is -0.121. The van der Waals surface area contributed by atoms with E-state index in [9.17, 15) is 28.0 Å². The van der Waals surface area contributed by atoms with Crippen molar-refractivity contribution in [3.05, 3.63) is 89.5 Å². The molecule has 4 heterocycles. The SMILES string of the molecule is CC#N.CSC(=N)NC(=O)CC1CCCCC1.NC(CCCCCc1nonc1-c1noc(=O)n1-c1ccc(F)c(Br)c1)=NC(=O)CC1CCCCC1.NCCCCc1nonc1-c1noc(=O)n1-c1ccc(F)c(Br)c1. The molecule has 2 aromatic carbocycles. The number of carbonyl (C=O) groups is 2. The number of rotatable bonds is 18. The number of amides is 2. The predicted octanol–water partition coefficient (Wildman–Crippen LogP) is 9.69. The molecule has 414 valence electrons. The van der Waals surface area contributed by atoms with Crippen molar-refractivity contribution >= 4 is 66.4 Å². The Balaban J connectivity index is 0.000000228. The molecule has 2 fully saturated rings. The van der Waals surface area contributed by atoms with Crippen molar-refractivity contribution in [3.8, 4) is 40.5 Å². The summed E-state index contributed by atoms with van der Waals surface area (Å²) in [6.45, 7) is 2.00. The normalized spacial score (nSPS) is 13.8. The Bertz CT molecular complexity index is 3040. The Labute approximate surface area is 463 Å². The van der Waals surface area contributed by atoms with Crippen LogP contribution in [-0.4, -0.2) is 75.7 Å². The summed E-state index contributed by atoms with van der Waals surface area (Å²) in [4.78, 5) is 52.0. The second-order valence-corrected chi connectivity index (χ2v) is 20.6. The van der Waals surface area contributed by atoms with Gasteiger partial charge >= 0.3 is 11.5 Å². The first-order valence-electron chi connectivity index (χ1n) is 25.2. The average Bonchev–Trinajstić information content (AvgIpc) is 4.25. The number of nitrogens with one attached hydrogen (secondary N) is 2. The first kappa shape index (κ1) is 61.4. The number of aryl methyl sites for hydroxylation is 2. The van der Waals surface area contributed by atoms with E-state index < -0.39 is 23.1 Å². The molecule has 0 radical (unpaired) electrons.